The Kier molecular flexibility index (Phi) is 8.15. The molecule has 0 spiro atoms. The Bertz CT molecular complexity index is 3810. The Hall–Kier alpha value is -8.74. The largest absolute Gasteiger partial charge is 0.453 e. The maximum absolute atomic E-state index is 6.88. The second-order valence-corrected chi connectivity index (χ2v) is 18.5. The molecular formula is C62H44N4O2. The Morgan fingerprint density at radius 3 is 1.07 bits per heavy atom. The minimum absolute atomic E-state index is 0.810. The third-order valence-corrected chi connectivity index (χ3v) is 13.9. The molecule has 2 aliphatic heterocycles. The molecule has 6 nitrogen and oxygen atoms in total. The first kappa shape index (κ1) is 38.5. The van der Waals surface area contributed by atoms with Crippen LogP contribution in [-0.4, -0.2) is 9.13 Å². The van der Waals surface area contributed by atoms with Gasteiger partial charge in [0, 0.05) is 43.7 Å². The molecule has 2 aliphatic rings. The van der Waals surface area contributed by atoms with E-state index in [1.54, 1.807) is 0 Å². The Morgan fingerprint density at radius 1 is 0.265 bits per heavy atom. The third-order valence-electron chi connectivity index (χ3n) is 13.9. The van der Waals surface area contributed by atoms with Gasteiger partial charge in [0.15, 0.2) is 23.0 Å². The zero-order valence-corrected chi connectivity index (χ0v) is 38.1. The summed E-state index contributed by atoms with van der Waals surface area (Å²) in [4.78, 5) is 4.80. The molecule has 2 aromatic heterocycles. The first-order valence-corrected chi connectivity index (χ1v) is 23.3. The van der Waals surface area contributed by atoms with Crippen molar-refractivity contribution in [3.8, 4) is 34.4 Å². The number of fused-ring (bicyclic) bond motifs is 11. The van der Waals surface area contributed by atoms with E-state index in [1.165, 1.54) is 33.0 Å². The number of benzene rings is 10. The summed E-state index contributed by atoms with van der Waals surface area (Å²) in [6, 6.07) is 70.3. The average molecular weight is 877 g/mol. The van der Waals surface area contributed by atoms with E-state index < -0.39 is 0 Å². The van der Waals surface area contributed by atoms with Gasteiger partial charge in [0.2, 0.25) is 0 Å². The summed E-state index contributed by atoms with van der Waals surface area (Å²) in [5.74, 6) is 3.24. The van der Waals surface area contributed by atoms with Crippen LogP contribution in [0.2, 0.25) is 0 Å². The summed E-state index contributed by atoms with van der Waals surface area (Å²) in [5, 5.41) is 6.89. The highest BCUT2D eigenvalue weighted by Gasteiger charge is 2.32. The van der Waals surface area contributed by atoms with Crippen LogP contribution in [0.1, 0.15) is 22.3 Å². The molecule has 10 aromatic carbocycles. The summed E-state index contributed by atoms with van der Waals surface area (Å²) >= 11 is 0. The molecule has 324 valence electrons. The summed E-state index contributed by atoms with van der Waals surface area (Å²) < 4.78 is 18.6. The normalized spacial score (nSPS) is 12.9. The lowest BCUT2D eigenvalue weighted by Gasteiger charge is -2.35. The highest BCUT2D eigenvalue weighted by Crippen LogP contribution is 2.57. The molecule has 0 aliphatic carbocycles. The SMILES string of the molecule is Cc1cc(C)cc(-n2c3ccccc3c3cc4c(cc32)N(c2cccc3c(N5c6ccccc6Oc6cc7c8ccccc8n(-c8cc(C)cc(C)c8)c7cc65)cccc23)c2ccccc2O4)c1. The highest BCUT2D eigenvalue weighted by molar-refractivity contribution is 6.15. The number of nitrogens with zero attached hydrogens (tertiary/aromatic N) is 4. The molecule has 0 saturated carbocycles. The van der Waals surface area contributed by atoms with Crippen molar-refractivity contribution < 1.29 is 9.47 Å². The Labute approximate surface area is 393 Å². The second kappa shape index (κ2) is 14.4. The fourth-order valence-electron chi connectivity index (χ4n) is 11.3. The molecule has 0 saturated heterocycles. The van der Waals surface area contributed by atoms with Gasteiger partial charge in [-0.15, -0.1) is 0 Å². The van der Waals surface area contributed by atoms with Crippen LogP contribution in [-0.2, 0) is 0 Å². The molecule has 0 bridgehead atoms. The van der Waals surface area contributed by atoms with Crippen molar-refractivity contribution >= 4 is 88.5 Å². The molecule has 68 heavy (non-hydrogen) atoms. The van der Waals surface area contributed by atoms with Crippen LogP contribution in [0.4, 0.5) is 34.1 Å². The van der Waals surface area contributed by atoms with Crippen LogP contribution in [0.5, 0.6) is 23.0 Å². The van der Waals surface area contributed by atoms with E-state index >= 15 is 0 Å². The van der Waals surface area contributed by atoms with Gasteiger partial charge in [0.05, 0.1) is 56.2 Å². The Morgan fingerprint density at radius 2 is 0.632 bits per heavy atom. The smallest absolute Gasteiger partial charge is 0.152 e. The molecule has 0 radical (unpaired) electrons. The number of ether oxygens (including phenoxy) is 2. The van der Waals surface area contributed by atoms with Gasteiger partial charge in [-0.25, -0.2) is 0 Å². The number of aryl methyl sites for hydroxylation is 4. The zero-order chi connectivity index (χ0) is 45.4. The van der Waals surface area contributed by atoms with E-state index in [0.29, 0.717) is 0 Å². The van der Waals surface area contributed by atoms with Crippen molar-refractivity contribution in [1.29, 1.82) is 0 Å². The monoisotopic (exact) mass is 876 g/mol. The molecule has 14 rings (SSSR count). The molecular weight excluding hydrogens is 833 g/mol. The van der Waals surface area contributed by atoms with Gasteiger partial charge in [-0.1, -0.05) is 97.1 Å². The van der Waals surface area contributed by atoms with E-state index in [2.05, 4.69) is 241 Å². The summed E-state index contributed by atoms with van der Waals surface area (Å²) in [5.41, 5.74) is 17.8. The van der Waals surface area contributed by atoms with E-state index in [0.717, 1.165) is 112 Å². The lowest BCUT2D eigenvalue weighted by Crippen LogP contribution is -2.17. The number of hydrogen-bond acceptors (Lipinski definition) is 4. The molecule has 0 fully saturated rings. The standard InChI is InChI=1S/C62H44N4O2/c1-37-27-38(2)30-41(29-37)63-49-19-7-5-15-45(49)47-33-61-57(35-55(47)63)65(53-21-9-11-25-59(53)67-61)51-23-13-18-44-43(51)17-14-24-52(44)66-54-22-10-12-26-60(54)68-62-34-48-46-16-6-8-20-50(46)64(56(48)36-58(62)66)42-31-39(3)28-40(4)32-42/h5-36H,1-4H3. The number of hydrogen-bond donors (Lipinski definition) is 0. The molecule has 0 amide bonds. The van der Waals surface area contributed by atoms with Gasteiger partial charge in [-0.3, -0.25) is 0 Å². The third kappa shape index (κ3) is 5.64. The molecule has 0 N–H and O–H groups in total. The van der Waals surface area contributed by atoms with Gasteiger partial charge < -0.3 is 28.4 Å². The number of anilines is 6. The van der Waals surface area contributed by atoms with Crippen LogP contribution in [0.25, 0.3) is 65.8 Å². The molecule has 4 heterocycles. The van der Waals surface area contributed by atoms with Crippen LogP contribution < -0.4 is 19.3 Å². The predicted molar refractivity (Wildman–Crippen MR) is 281 cm³/mol. The molecule has 0 atom stereocenters. The second-order valence-electron chi connectivity index (χ2n) is 18.5. The summed E-state index contributed by atoms with van der Waals surface area (Å²) in [7, 11) is 0. The topological polar surface area (TPSA) is 34.8 Å². The van der Waals surface area contributed by atoms with E-state index in [4.69, 9.17) is 9.47 Å². The summed E-state index contributed by atoms with van der Waals surface area (Å²) in [6.07, 6.45) is 0. The van der Waals surface area contributed by atoms with Gasteiger partial charge in [0.1, 0.15) is 0 Å². The predicted octanol–water partition coefficient (Wildman–Crippen LogP) is 17.4. The molecule has 12 aromatic rings. The van der Waals surface area contributed by atoms with Gasteiger partial charge in [-0.2, -0.15) is 0 Å². The van der Waals surface area contributed by atoms with Crippen molar-refractivity contribution in [2.24, 2.45) is 0 Å². The van der Waals surface area contributed by atoms with Crippen molar-refractivity contribution in [1.82, 2.24) is 9.13 Å². The minimum atomic E-state index is 0.810. The zero-order valence-electron chi connectivity index (χ0n) is 38.1. The fourth-order valence-corrected chi connectivity index (χ4v) is 11.3. The van der Waals surface area contributed by atoms with Gasteiger partial charge in [-0.05, 0) is 147 Å². The first-order chi connectivity index (χ1) is 33.3. The first-order valence-electron chi connectivity index (χ1n) is 23.3. The highest BCUT2D eigenvalue weighted by atomic mass is 16.5. The van der Waals surface area contributed by atoms with Crippen molar-refractivity contribution in [3.63, 3.8) is 0 Å². The summed E-state index contributed by atoms with van der Waals surface area (Å²) in [6.45, 7) is 8.70. The van der Waals surface area contributed by atoms with E-state index in [1.807, 2.05) is 0 Å². The molecule has 6 heteroatoms. The lowest BCUT2D eigenvalue weighted by molar-refractivity contribution is 0.477. The number of para-hydroxylation sites is 6. The average Bonchev–Trinajstić information content (AvgIpc) is 3.84. The molecule has 0 unspecified atom stereocenters. The van der Waals surface area contributed by atoms with Crippen LogP contribution in [0, 0.1) is 27.7 Å². The van der Waals surface area contributed by atoms with Crippen molar-refractivity contribution in [3.05, 3.63) is 216 Å². The fraction of sp³-hybridized carbons (Fsp3) is 0.0645. The number of aromatic nitrogens is 2. The van der Waals surface area contributed by atoms with Crippen molar-refractivity contribution in [2.45, 2.75) is 27.7 Å². The van der Waals surface area contributed by atoms with E-state index in [9.17, 15) is 0 Å². The lowest BCUT2D eigenvalue weighted by atomic mass is 10.0. The van der Waals surface area contributed by atoms with Crippen LogP contribution >= 0.6 is 0 Å². The van der Waals surface area contributed by atoms with E-state index in [-0.39, 0.29) is 0 Å². The maximum Gasteiger partial charge on any atom is 0.152 e. The Balaban J connectivity index is 1.01. The minimum Gasteiger partial charge on any atom is -0.453 e. The number of rotatable bonds is 4. The van der Waals surface area contributed by atoms with Crippen LogP contribution in [0.3, 0.4) is 0 Å². The maximum atomic E-state index is 6.88. The van der Waals surface area contributed by atoms with Gasteiger partial charge >= 0.3 is 0 Å². The quantitative estimate of drug-likeness (QED) is 0.176. The van der Waals surface area contributed by atoms with Crippen LogP contribution in [0.15, 0.2) is 194 Å². The van der Waals surface area contributed by atoms with Crippen molar-refractivity contribution in [2.75, 3.05) is 9.80 Å². The van der Waals surface area contributed by atoms with Gasteiger partial charge in [0.25, 0.3) is 0 Å².